The first-order chi connectivity index (χ1) is 16.2. The predicted molar refractivity (Wildman–Crippen MR) is 137 cm³/mol. The molecular formula is C28H33NO4S. The van der Waals surface area contributed by atoms with E-state index in [2.05, 4.69) is 42.5 Å². The smallest absolute Gasteiger partial charge is 0.410 e. The van der Waals surface area contributed by atoms with Crippen molar-refractivity contribution < 1.29 is 19.1 Å². The average molecular weight is 480 g/mol. The maximum Gasteiger partial charge on any atom is 0.410 e. The van der Waals surface area contributed by atoms with Crippen molar-refractivity contribution in [1.29, 1.82) is 0 Å². The highest BCUT2D eigenvalue weighted by Crippen LogP contribution is 2.36. The van der Waals surface area contributed by atoms with Gasteiger partial charge in [-0.05, 0) is 86.7 Å². The van der Waals surface area contributed by atoms with Gasteiger partial charge in [0.15, 0.2) is 0 Å². The number of hydrogen-bond acceptors (Lipinski definition) is 5. The number of benzene rings is 1. The topological polar surface area (TPSA) is 55.8 Å². The minimum Gasteiger partial charge on any atom is -0.466 e. The number of fused-ring (bicyclic) bond motifs is 2. The number of nitrogens with zero attached hydrogens (tertiary/aromatic N) is 1. The number of aryl methyl sites for hydroxylation is 1. The van der Waals surface area contributed by atoms with Crippen LogP contribution < -0.4 is 10.4 Å². The zero-order valence-corrected chi connectivity index (χ0v) is 21.3. The summed E-state index contributed by atoms with van der Waals surface area (Å²) in [5.41, 5.74) is 3.34. The third-order valence-electron chi connectivity index (χ3n) is 5.96. The van der Waals surface area contributed by atoms with E-state index < -0.39 is 5.60 Å². The number of carbonyl (C=O) groups excluding carboxylic acids is 2. The fraction of sp³-hybridized carbons (Fsp3) is 0.429. The van der Waals surface area contributed by atoms with E-state index in [9.17, 15) is 9.59 Å². The van der Waals surface area contributed by atoms with Crippen LogP contribution in [-0.4, -0.2) is 42.3 Å². The Hall–Kier alpha value is -2.86. The van der Waals surface area contributed by atoms with Gasteiger partial charge in [-0.25, -0.2) is 4.79 Å². The zero-order valence-electron chi connectivity index (χ0n) is 20.5. The van der Waals surface area contributed by atoms with Crippen LogP contribution in [0.2, 0.25) is 0 Å². The van der Waals surface area contributed by atoms with Crippen molar-refractivity contribution in [2.45, 2.75) is 59.0 Å². The van der Waals surface area contributed by atoms with Crippen LogP contribution in [0.1, 0.15) is 62.3 Å². The molecule has 0 unspecified atom stereocenters. The summed E-state index contributed by atoms with van der Waals surface area (Å²) < 4.78 is 10.7. The van der Waals surface area contributed by atoms with Gasteiger partial charge in [0.1, 0.15) is 5.60 Å². The number of likely N-dealkylation sites (tertiary alicyclic amines) is 1. The summed E-state index contributed by atoms with van der Waals surface area (Å²) in [5.74, 6) is -0.153. The molecule has 1 aliphatic carbocycles. The number of rotatable bonds is 4. The number of esters is 1. The van der Waals surface area contributed by atoms with Crippen molar-refractivity contribution in [3.05, 3.63) is 61.7 Å². The highest BCUT2D eigenvalue weighted by atomic mass is 32.1. The van der Waals surface area contributed by atoms with E-state index in [1.165, 1.54) is 36.9 Å². The zero-order chi connectivity index (χ0) is 24.3. The van der Waals surface area contributed by atoms with Crippen molar-refractivity contribution >= 4 is 41.1 Å². The van der Waals surface area contributed by atoms with Crippen LogP contribution in [0.4, 0.5) is 4.79 Å². The van der Waals surface area contributed by atoms with E-state index in [0.29, 0.717) is 32.5 Å². The molecule has 0 spiro atoms. The maximum atomic E-state index is 12.5. The third-order valence-corrected chi connectivity index (χ3v) is 7.11. The number of piperidine rings is 1. The van der Waals surface area contributed by atoms with Gasteiger partial charge < -0.3 is 14.4 Å². The van der Waals surface area contributed by atoms with Crippen LogP contribution in [0.15, 0.2) is 35.9 Å². The monoisotopic (exact) mass is 479 g/mol. The number of ether oxygens (including phenoxy) is 2. The summed E-state index contributed by atoms with van der Waals surface area (Å²) in [6.45, 7) is 9.25. The Bertz CT molecular complexity index is 1220. The number of hydrogen-bond donors (Lipinski definition) is 0. The summed E-state index contributed by atoms with van der Waals surface area (Å²) in [5, 5.41) is 2.40. The Labute approximate surface area is 205 Å². The Morgan fingerprint density at radius 3 is 2.38 bits per heavy atom. The second-order valence-corrected chi connectivity index (χ2v) is 10.9. The van der Waals surface area contributed by atoms with E-state index in [-0.39, 0.29) is 12.1 Å². The molecule has 1 fully saturated rings. The molecule has 180 valence electrons. The fourth-order valence-corrected chi connectivity index (χ4v) is 5.48. The van der Waals surface area contributed by atoms with Gasteiger partial charge in [-0.1, -0.05) is 29.8 Å². The van der Waals surface area contributed by atoms with Crippen molar-refractivity contribution in [1.82, 2.24) is 4.90 Å². The molecule has 6 heteroatoms. The standard InChI is InChI=1S/C28H33NO4S/c1-5-32-26(30)11-10-22-18-24-23(16-20-8-6-7-9-21(20)17-25(24)34-22)19-12-14-29(15-13-19)27(31)33-28(2,3)4/h6-9,16-18H,5,10-15H2,1-4H3. The number of amides is 1. The van der Waals surface area contributed by atoms with Gasteiger partial charge in [0.25, 0.3) is 0 Å². The summed E-state index contributed by atoms with van der Waals surface area (Å²) in [6, 6.07) is 10.7. The highest BCUT2D eigenvalue weighted by molar-refractivity contribution is 7.13. The summed E-state index contributed by atoms with van der Waals surface area (Å²) in [4.78, 5) is 28.6. The van der Waals surface area contributed by atoms with Gasteiger partial charge in [-0.3, -0.25) is 4.79 Å². The number of thiophene rings is 1. The molecule has 0 atom stereocenters. The molecule has 1 amide bonds. The summed E-state index contributed by atoms with van der Waals surface area (Å²) >= 11 is 1.75. The maximum absolute atomic E-state index is 12.5. The molecule has 5 nitrogen and oxygen atoms in total. The van der Waals surface area contributed by atoms with Crippen molar-refractivity contribution in [2.24, 2.45) is 0 Å². The lowest BCUT2D eigenvalue weighted by atomic mass is 9.93. The molecule has 4 rings (SSSR count). The van der Waals surface area contributed by atoms with Crippen LogP contribution in [0.25, 0.3) is 17.7 Å². The van der Waals surface area contributed by atoms with Gasteiger partial charge in [0.05, 0.1) is 13.0 Å². The quantitative estimate of drug-likeness (QED) is 0.599. The SMILES string of the molecule is CCOC(=O)CCc1cc2c(s1)C=c1ccccc1=CC2=C1CCN(C(=O)OC(C)(C)C)CC1. The lowest BCUT2D eigenvalue weighted by Gasteiger charge is -2.31. The summed E-state index contributed by atoms with van der Waals surface area (Å²) in [7, 11) is 0. The second kappa shape index (κ2) is 10.2. The molecule has 2 aromatic rings. The predicted octanol–water partition coefficient (Wildman–Crippen LogP) is 4.65. The average Bonchev–Trinajstić information content (AvgIpc) is 3.11. The van der Waals surface area contributed by atoms with Gasteiger partial charge in [-0.2, -0.15) is 0 Å². The molecular weight excluding hydrogens is 446 g/mol. The summed E-state index contributed by atoms with van der Waals surface area (Å²) in [6.07, 6.45) is 7.02. The largest absolute Gasteiger partial charge is 0.466 e. The van der Waals surface area contributed by atoms with Crippen LogP contribution in [-0.2, 0) is 20.7 Å². The molecule has 1 aromatic heterocycles. The van der Waals surface area contributed by atoms with Crippen molar-refractivity contribution in [2.75, 3.05) is 19.7 Å². The molecule has 0 saturated carbocycles. The Morgan fingerprint density at radius 2 is 1.74 bits per heavy atom. The van der Waals surface area contributed by atoms with Crippen LogP contribution in [0.5, 0.6) is 0 Å². The van der Waals surface area contributed by atoms with Gasteiger partial charge in [-0.15, -0.1) is 11.3 Å². The third kappa shape index (κ3) is 5.79. The highest BCUT2D eigenvalue weighted by Gasteiger charge is 2.26. The van der Waals surface area contributed by atoms with Crippen LogP contribution in [0, 0.1) is 0 Å². The lowest BCUT2D eigenvalue weighted by molar-refractivity contribution is -0.143. The first-order valence-corrected chi connectivity index (χ1v) is 12.8. The first-order valence-electron chi connectivity index (χ1n) is 12.0. The van der Waals surface area contributed by atoms with E-state index in [1.807, 2.05) is 32.6 Å². The van der Waals surface area contributed by atoms with E-state index in [0.717, 1.165) is 12.8 Å². The van der Waals surface area contributed by atoms with Gasteiger partial charge >= 0.3 is 12.1 Å². The van der Waals surface area contributed by atoms with Crippen LogP contribution >= 0.6 is 11.3 Å². The Kier molecular flexibility index (Phi) is 7.27. The van der Waals surface area contributed by atoms with Crippen LogP contribution in [0.3, 0.4) is 0 Å². The van der Waals surface area contributed by atoms with Gasteiger partial charge in [0, 0.05) is 22.8 Å². The first kappa shape index (κ1) is 24.3. The van der Waals surface area contributed by atoms with E-state index in [4.69, 9.17) is 9.47 Å². The van der Waals surface area contributed by atoms with Crippen molar-refractivity contribution in [3.8, 4) is 0 Å². The minimum atomic E-state index is -0.490. The molecule has 0 N–H and O–H groups in total. The molecule has 2 aliphatic rings. The normalized spacial score (nSPS) is 15.5. The lowest BCUT2D eigenvalue weighted by Crippen LogP contribution is -2.40. The molecule has 1 aromatic carbocycles. The number of carbonyl (C=O) groups is 2. The Balaban J connectivity index is 1.64. The van der Waals surface area contributed by atoms with E-state index >= 15 is 0 Å². The minimum absolute atomic E-state index is 0.153. The second-order valence-electron chi connectivity index (χ2n) is 9.70. The Morgan fingerprint density at radius 1 is 1.06 bits per heavy atom. The molecule has 1 saturated heterocycles. The molecule has 2 heterocycles. The molecule has 0 bridgehead atoms. The van der Waals surface area contributed by atoms with E-state index in [1.54, 1.807) is 11.3 Å². The fourth-order valence-electron chi connectivity index (χ4n) is 4.35. The van der Waals surface area contributed by atoms with Crippen molar-refractivity contribution in [3.63, 3.8) is 0 Å². The molecule has 34 heavy (non-hydrogen) atoms. The molecule has 0 radical (unpaired) electrons. The molecule has 1 aliphatic heterocycles. The van der Waals surface area contributed by atoms with Gasteiger partial charge in [0.2, 0.25) is 0 Å². The number of allylic oxidation sites excluding steroid dienone is 1.